The lowest BCUT2D eigenvalue weighted by molar-refractivity contribution is -0.116. The summed E-state index contributed by atoms with van der Waals surface area (Å²) in [6, 6.07) is 13.8. The van der Waals surface area contributed by atoms with Gasteiger partial charge in [0, 0.05) is 12.6 Å². The first-order valence-corrected chi connectivity index (χ1v) is 7.49. The van der Waals surface area contributed by atoms with Crippen molar-refractivity contribution in [1.29, 1.82) is 0 Å². The molecule has 4 heteroatoms. The number of halogens is 1. The van der Waals surface area contributed by atoms with Crippen LogP contribution in [0, 0.1) is 5.82 Å². The second-order valence-corrected chi connectivity index (χ2v) is 5.35. The third kappa shape index (κ3) is 5.34. The molecule has 0 saturated carbocycles. The standard InChI is InChI=1S/C19H20FNO2/c1-14(17-3-2-4-18(20)12-17)11-19(23)21-10-9-15-5-7-16(13-22)8-6-15/h2-8,11-12,22H,9-10,13H2,1H3,(H,21,23)/b14-11-. The predicted octanol–water partition coefficient (Wildman–Crippen LogP) is 3.08. The van der Waals surface area contributed by atoms with Gasteiger partial charge in [-0.1, -0.05) is 36.4 Å². The number of carbonyl (C=O) groups excluding carboxylic acids is 1. The highest BCUT2D eigenvalue weighted by molar-refractivity contribution is 5.94. The van der Waals surface area contributed by atoms with Crippen LogP contribution in [0.15, 0.2) is 54.6 Å². The number of amides is 1. The first-order chi connectivity index (χ1) is 11.1. The summed E-state index contributed by atoms with van der Waals surface area (Å²) in [7, 11) is 0. The quantitative estimate of drug-likeness (QED) is 0.805. The molecule has 2 N–H and O–H groups in total. The van der Waals surface area contributed by atoms with E-state index in [9.17, 15) is 9.18 Å². The fraction of sp³-hybridized carbons (Fsp3) is 0.211. The zero-order valence-electron chi connectivity index (χ0n) is 13.1. The molecular formula is C19H20FNO2. The third-order valence-corrected chi connectivity index (χ3v) is 3.55. The second-order valence-electron chi connectivity index (χ2n) is 5.35. The molecule has 0 spiro atoms. The van der Waals surface area contributed by atoms with E-state index in [0.29, 0.717) is 24.1 Å². The van der Waals surface area contributed by atoms with Gasteiger partial charge in [-0.15, -0.1) is 0 Å². The van der Waals surface area contributed by atoms with Crippen LogP contribution in [0.3, 0.4) is 0 Å². The molecule has 0 aromatic heterocycles. The molecule has 2 aromatic carbocycles. The van der Waals surface area contributed by atoms with Crippen LogP contribution in [-0.4, -0.2) is 17.6 Å². The van der Waals surface area contributed by atoms with E-state index in [-0.39, 0.29) is 18.3 Å². The molecule has 3 nitrogen and oxygen atoms in total. The van der Waals surface area contributed by atoms with Gasteiger partial charge >= 0.3 is 0 Å². The maximum atomic E-state index is 13.2. The average molecular weight is 313 g/mol. The minimum Gasteiger partial charge on any atom is -0.392 e. The van der Waals surface area contributed by atoms with E-state index in [4.69, 9.17) is 5.11 Å². The Morgan fingerprint density at radius 2 is 1.87 bits per heavy atom. The van der Waals surface area contributed by atoms with E-state index in [1.807, 2.05) is 24.3 Å². The molecule has 0 aliphatic rings. The highest BCUT2D eigenvalue weighted by atomic mass is 19.1. The number of rotatable bonds is 6. The summed E-state index contributed by atoms with van der Waals surface area (Å²) in [5.41, 5.74) is 3.37. The average Bonchev–Trinajstić information content (AvgIpc) is 2.55. The zero-order chi connectivity index (χ0) is 16.7. The van der Waals surface area contributed by atoms with Gasteiger partial charge in [0.1, 0.15) is 5.82 Å². The van der Waals surface area contributed by atoms with Crippen molar-refractivity contribution in [2.45, 2.75) is 20.0 Å². The Morgan fingerprint density at radius 1 is 1.17 bits per heavy atom. The van der Waals surface area contributed by atoms with E-state index in [0.717, 1.165) is 11.1 Å². The maximum Gasteiger partial charge on any atom is 0.244 e. The van der Waals surface area contributed by atoms with Crippen molar-refractivity contribution in [3.05, 3.63) is 77.1 Å². The highest BCUT2D eigenvalue weighted by Gasteiger charge is 2.02. The van der Waals surface area contributed by atoms with Gasteiger partial charge in [-0.2, -0.15) is 0 Å². The minimum absolute atomic E-state index is 0.0289. The monoisotopic (exact) mass is 313 g/mol. The molecule has 2 aromatic rings. The van der Waals surface area contributed by atoms with Crippen molar-refractivity contribution in [3.63, 3.8) is 0 Å². The first-order valence-electron chi connectivity index (χ1n) is 7.49. The van der Waals surface area contributed by atoms with E-state index in [1.165, 1.54) is 18.2 Å². The number of aliphatic hydroxyl groups is 1. The molecule has 23 heavy (non-hydrogen) atoms. The van der Waals surface area contributed by atoms with Gasteiger partial charge in [0.2, 0.25) is 5.91 Å². The number of allylic oxidation sites excluding steroid dienone is 1. The van der Waals surface area contributed by atoms with Crippen LogP contribution < -0.4 is 5.32 Å². The van der Waals surface area contributed by atoms with E-state index in [2.05, 4.69) is 5.32 Å². The van der Waals surface area contributed by atoms with Gasteiger partial charge in [-0.05, 0) is 47.7 Å². The fourth-order valence-corrected chi connectivity index (χ4v) is 2.21. The first kappa shape index (κ1) is 16.9. The number of aliphatic hydroxyl groups excluding tert-OH is 1. The number of hydrogen-bond donors (Lipinski definition) is 2. The molecule has 0 aliphatic heterocycles. The zero-order valence-corrected chi connectivity index (χ0v) is 13.1. The van der Waals surface area contributed by atoms with E-state index < -0.39 is 0 Å². The SMILES string of the molecule is C/C(=C/C(=O)NCCc1ccc(CO)cc1)c1cccc(F)c1. The van der Waals surface area contributed by atoms with Crippen LogP contribution in [-0.2, 0) is 17.8 Å². The van der Waals surface area contributed by atoms with Crippen molar-refractivity contribution in [3.8, 4) is 0 Å². The van der Waals surface area contributed by atoms with Crippen LogP contribution >= 0.6 is 0 Å². The summed E-state index contributed by atoms with van der Waals surface area (Å²) in [6.07, 6.45) is 2.19. The molecule has 2 rings (SSSR count). The number of carbonyl (C=O) groups is 1. The Balaban J connectivity index is 1.85. The van der Waals surface area contributed by atoms with Crippen LogP contribution in [0.4, 0.5) is 4.39 Å². The van der Waals surface area contributed by atoms with E-state index in [1.54, 1.807) is 19.1 Å². The van der Waals surface area contributed by atoms with Crippen molar-refractivity contribution in [2.75, 3.05) is 6.54 Å². The molecule has 0 saturated heterocycles. The van der Waals surface area contributed by atoms with Crippen molar-refractivity contribution >= 4 is 11.5 Å². The van der Waals surface area contributed by atoms with Crippen LogP contribution in [0.5, 0.6) is 0 Å². The van der Waals surface area contributed by atoms with Crippen molar-refractivity contribution in [1.82, 2.24) is 5.32 Å². The van der Waals surface area contributed by atoms with Gasteiger partial charge in [0.15, 0.2) is 0 Å². The second kappa shape index (κ2) is 8.25. The minimum atomic E-state index is -0.318. The molecule has 120 valence electrons. The van der Waals surface area contributed by atoms with Crippen LogP contribution in [0.1, 0.15) is 23.6 Å². The lowest BCUT2D eigenvalue weighted by Gasteiger charge is -2.05. The summed E-state index contributed by atoms with van der Waals surface area (Å²) in [6.45, 7) is 2.33. The molecule has 0 unspecified atom stereocenters. The molecule has 0 fully saturated rings. The summed E-state index contributed by atoms with van der Waals surface area (Å²) >= 11 is 0. The topological polar surface area (TPSA) is 49.3 Å². The summed E-state index contributed by atoms with van der Waals surface area (Å²) in [4.78, 5) is 11.9. The molecule has 0 bridgehead atoms. The van der Waals surface area contributed by atoms with Gasteiger partial charge in [-0.3, -0.25) is 4.79 Å². The van der Waals surface area contributed by atoms with Crippen LogP contribution in [0.25, 0.3) is 5.57 Å². The lowest BCUT2D eigenvalue weighted by atomic mass is 10.1. The van der Waals surface area contributed by atoms with Crippen LogP contribution in [0.2, 0.25) is 0 Å². The fourth-order valence-electron chi connectivity index (χ4n) is 2.21. The van der Waals surface area contributed by atoms with Gasteiger partial charge < -0.3 is 10.4 Å². The Kier molecular flexibility index (Phi) is 6.06. The molecule has 0 atom stereocenters. The Labute approximate surface area is 135 Å². The summed E-state index contributed by atoms with van der Waals surface area (Å²) in [5, 5.41) is 11.8. The third-order valence-electron chi connectivity index (χ3n) is 3.55. The van der Waals surface area contributed by atoms with Gasteiger partial charge in [0.25, 0.3) is 0 Å². The maximum absolute atomic E-state index is 13.2. The van der Waals surface area contributed by atoms with E-state index >= 15 is 0 Å². The summed E-state index contributed by atoms with van der Waals surface area (Å²) < 4.78 is 13.2. The lowest BCUT2D eigenvalue weighted by Crippen LogP contribution is -2.23. The normalized spacial score (nSPS) is 11.3. The molecule has 0 radical (unpaired) electrons. The Hall–Kier alpha value is -2.46. The van der Waals surface area contributed by atoms with Gasteiger partial charge in [-0.25, -0.2) is 4.39 Å². The Morgan fingerprint density at radius 3 is 2.52 bits per heavy atom. The van der Waals surface area contributed by atoms with Gasteiger partial charge in [0.05, 0.1) is 6.61 Å². The van der Waals surface area contributed by atoms with Crippen molar-refractivity contribution in [2.24, 2.45) is 0 Å². The molecular weight excluding hydrogens is 293 g/mol. The summed E-state index contributed by atoms with van der Waals surface area (Å²) in [5.74, 6) is -0.513. The molecule has 1 amide bonds. The largest absolute Gasteiger partial charge is 0.392 e. The smallest absolute Gasteiger partial charge is 0.244 e. The number of nitrogens with one attached hydrogen (secondary N) is 1. The van der Waals surface area contributed by atoms with Crippen molar-refractivity contribution < 1.29 is 14.3 Å². The predicted molar refractivity (Wildman–Crippen MR) is 89.1 cm³/mol. The molecule has 0 aliphatic carbocycles. The Bertz CT molecular complexity index is 693. The number of benzene rings is 2. The highest BCUT2D eigenvalue weighted by Crippen LogP contribution is 2.14. The molecule has 0 heterocycles. The number of hydrogen-bond acceptors (Lipinski definition) is 2.